The van der Waals surface area contributed by atoms with Crippen LogP contribution in [0.5, 0.6) is 11.5 Å². The van der Waals surface area contributed by atoms with Gasteiger partial charge in [-0.2, -0.15) is 18.4 Å². The van der Waals surface area contributed by atoms with E-state index < -0.39 is 18.6 Å². The lowest BCUT2D eigenvalue weighted by atomic mass is 10.1. The van der Waals surface area contributed by atoms with Gasteiger partial charge in [0, 0.05) is 13.1 Å². The Bertz CT molecular complexity index is 497. The molecule has 1 atom stereocenters. The molecule has 4 nitrogen and oxygen atoms in total. The zero-order valence-electron chi connectivity index (χ0n) is 9.83. The number of alkyl halides is 3. The molecule has 19 heavy (non-hydrogen) atoms. The first-order chi connectivity index (χ1) is 9.00. The average Bonchev–Trinajstić information content (AvgIpc) is 2.80. The fraction of sp³-hybridized carbons (Fsp3) is 0.417. The highest BCUT2D eigenvalue weighted by molar-refractivity contribution is 5.44. The normalized spacial score (nSPS) is 15.1. The summed E-state index contributed by atoms with van der Waals surface area (Å²) >= 11 is 0. The summed E-state index contributed by atoms with van der Waals surface area (Å²) in [7, 11) is 0. The molecule has 0 amide bonds. The SMILES string of the molecule is N#CC(CNCc1ccc2c(c1)OCO2)C(F)(F)F. The van der Waals surface area contributed by atoms with Crippen molar-refractivity contribution in [3.05, 3.63) is 23.8 Å². The predicted molar refractivity (Wildman–Crippen MR) is 59.4 cm³/mol. The van der Waals surface area contributed by atoms with Crippen molar-refractivity contribution in [3.63, 3.8) is 0 Å². The Hall–Kier alpha value is -1.94. The summed E-state index contributed by atoms with van der Waals surface area (Å²) in [6.45, 7) is -0.0594. The Morgan fingerprint density at radius 3 is 2.74 bits per heavy atom. The number of fused-ring (bicyclic) bond motifs is 1. The predicted octanol–water partition coefficient (Wildman–Crippen LogP) is 2.21. The highest BCUT2D eigenvalue weighted by atomic mass is 19.4. The third kappa shape index (κ3) is 3.29. The maximum absolute atomic E-state index is 12.3. The minimum atomic E-state index is -4.50. The molecule has 1 N–H and O–H groups in total. The van der Waals surface area contributed by atoms with Crippen molar-refractivity contribution < 1.29 is 22.6 Å². The highest BCUT2D eigenvalue weighted by Gasteiger charge is 2.39. The summed E-state index contributed by atoms with van der Waals surface area (Å²) < 4.78 is 47.3. The Kier molecular flexibility index (Phi) is 3.81. The molecular weight excluding hydrogens is 261 g/mol. The van der Waals surface area contributed by atoms with E-state index in [9.17, 15) is 13.2 Å². The molecule has 102 valence electrons. The summed E-state index contributed by atoms with van der Waals surface area (Å²) in [5.41, 5.74) is 0.767. The molecule has 0 aliphatic carbocycles. The van der Waals surface area contributed by atoms with Crippen molar-refractivity contribution in [2.75, 3.05) is 13.3 Å². The number of nitriles is 1. The highest BCUT2D eigenvalue weighted by Crippen LogP contribution is 2.32. The van der Waals surface area contributed by atoms with Crippen LogP contribution < -0.4 is 14.8 Å². The summed E-state index contributed by atoms with van der Waals surface area (Å²) in [5.74, 6) is -0.803. The van der Waals surface area contributed by atoms with Gasteiger partial charge < -0.3 is 14.8 Å². The molecule has 0 radical (unpaired) electrons. The quantitative estimate of drug-likeness (QED) is 0.913. The Labute approximate surface area is 107 Å². The second kappa shape index (κ2) is 5.36. The number of nitrogens with one attached hydrogen (secondary N) is 1. The number of benzene rings is 1. The summed E-state index contributed by atoms with van der Waals surface area (Å²) in [4.78, 5) is 0. The Morgan fingerprint density at radius 1 is 1.32 bits per heavy atom. The molecule has 1 aromatic rings. The third-order valence-electron chi connectivity index (χ3n) is 2.67. The van der Waals surface area contributed by atoms with Crippen LogP contribution in [-0.2, 0) is 6.54 Å². The molecule has 7 heteroatoms. The molecule has 0 aromatic heterocycles. The van der Waals surface area contributed by atoms with Crippen molar-refractivity contribution >= 4 is 0 Å². The molecular formula is C12H11F3N2O2. The molecule has 1 aromatic carbocycles. The molecule has 0 bridgehead atoms. The molecule has 0 saturated heterocycles. The second-order valence-electron chi connectivity index (χ2n) is 4.04. The lowest BCUT2D eigenvalue weighted by molar-refractivity contribution is -0.157. The minimum absolute atomic E-state index is 0.150. The van der Waals surface area contributed by atoms with E-state index in [0.717, 1.165) is 5.56 Å². The van der Waals surface area contributed by atoms with Gasteiger partial charge in [-0.1, -0.05) is 6.07 Å². The van der Waals surface area contributed by atoms with Crippen LogP contribution in [-0.4, -0.2) is 19.5 Å². The van der Waals surface area contributed by atoms with Gasteiger partial charge in [0.1, 0.15) is 0 Å². The number of halogens is 3. The van der Waals surface area contributed by atoms with Crippen LogP contribution in [0.1, 0.15) is 5.56 Å². The van der Waals surface area contributed by atoms with E-state index in [0.29, 0.717) is 11.5 Å². The topological polar surface area (TPSA) is 54.3 Å². The number of rotatable bonds is 4. The van der Waals surface area contributed by atoms with Gasteiger partial charge in [0.2, 0.25) is 6.79 Å². The minimum Gasteiger partial charge on any atom is -0.454 e. The van der Waals surface area contributed by atoms with E-state index in [-0.39, 0.29) is 13.3 Å². The zero-order chi connectivity index (χ0) is 13.9. The van der Waals surface area contributed by atoms with Crippen molar-refractivity contribution in [2.45, 2.75) is 12.7 Å². The standard InChI is InChI=1S/C12H11F3N2O2/c13-12(14,15)9(4-16)6-17-5-8-1-2-10-11(3-8)19-7-18-10/h1-3,9,17H,5-7H2. The fourth-order valence-corrected chi connectivity index (χ4v) is 1.65. The summed E-state index contributed by atoms with van der Waals surface area (Å²) in [5, 5.41) is 11.1. The maximum Gasteiger partial charge on any atom is 0.405 e. The Balaban J connectivity index is 1.88. The van der Waals surface area contributed by atoms with Crippen LogP contribution in [0.3, 0.4) is 0 Å². The summed E-state index contributed by atoms with van der Waals surface area (Å²) in [6, 6.07) is 6.37. The van der Waals surface area contributed by atoms with Crippen LogP contribution in [0.15, 0.2) is 18.2 Å². The lowest BCUT2D eigenvalue weighted by Crippen LogP contribution is -2.32. The van der Waals surface area contributed by atoms with Gasteiger partial charge in [-0.15, -0.1) is 0 Å². The second-order valence-corrected chi connectivity index (χ2v) is 4.04. The van der Waals surface area contributed by atoms with Crippen LogP contribution in [0, 0.1) is 17.2 Å². The molecule has 0 spiro atoms. The van der Waals surface area contributed by atoms with Crippen LogP contribution in [0.25, 0.3) is 0 Å². The van der Waals surface area contributed by atoms with Gasteiger partial charge in [0.05, 0.1) is 6.07 Å². The van der Waals surface area contributed by atoms with E-state index in [1.165, 1.54) is 6.07 Å². The maximum atomic E-state index is 12.3. The molecule has 0 fully saturated rings. The molecule has 0 saturated carbocycles. The molecule has 2 rings (SSSR count). The van der Waals surface area contributed by atoms with Gasteiger partial charge in [-0.3, -0.25) is 0 Å². The largest absolute Gasteiger partial charge is 0.454 e. The number of hydrogen-bond donors (Lipinski definition) is 1. The molecule has 1 aliphatic heterocycles. The van der Waals surface area contributed by atoms with Crippen LogP contribution in [0.2, 0.25) is 0 Å². The number of ether oxygens (including phenoxy) is 2. The number of hydrogen-bond acceptors (Lipinski definition) is 4. The van der Waals surface area contributed by atoms with E-state index in [2.05, 4.69) is 5.32 Å². The zero-order valence-corrected chi connectivity index (χ0v) is 9.83. The van der Waals surface area contributed by atoms with E-state index in [1.54, 1.807) is 18.2 Å². The van der Waals surface area contributed by atoms with Gasteiger partial charge >= 0.3 is 6.18 Å². The van der Waals surface area contributed by atoms with Gasteiger partial charge in [-0.05, 0) is 17.7 Å². The third-order valence-corrected chi connectivity index (χ3v) is 2.67. The summed E-state index contributed by atoms with van der Waals surface area (Å²) in [6.07, 6.45) is -4.50. The van der Waals surface area contributed by atoms with Crippen LogP contribution >= 0.6 is 0 Å². The first-order valence-electron chi connectivity index (χ1n) is 5.56. The van der Waals surface area contributed by atoms with Crippen LogP contribution in [0.4, 0.5) is 13.2 Å². The van der Waals surface area contributed by atoms with E-state index >= 15 is 0 Å². The van der Waals surface area contributed by atoms with Gasteiger partial charge in [0.25, 0.3) is 0 Å². The molecule has 1 unspecified atom stereocenters. The first kappa shape index (κ1) is 13.5. The van der Waals surface area contributed by atoms with E-state index in [4.69, 9.17) is 14.7 Å². The first-order valence-corrected chi connectivity index (χ1v) is 5.56. The molecule has 1 aliphatic rings. The van der Waals surface area contributed by atoms with E-state index in [1.807, 2.05) is 0 Å². The smallest absolute Gasteiger partial charge is 0.405 e. The van der Waals surface area contributed by atoms with Crippen molar-refractivity contribution in [2.24, 2.45) is 5.92 Å². The van der Waals surface area contributed by atoms with Crippen molar-refractivity contribution in [1.82, 2.24) is 5.32 Å². The van der Waals surface area contributed by atoms with Crippen molar-refractivity contribution in [3.8, 4) is 17.6 Å². The van der Waals surface area contributed by atoms with Gasteiger partial charge in [-0.25, -0.2) is 0 Å². The van der Waals surface area contributed by atoms with Crippen molar-refractivity contribution in [1.29, 1.82) is 5.26 Å². The monoisotopic (exact) mass is 272 g/mol. The Morgan fingerprint density at radius 2 is 2.05 bits per heavy atom. The van der Waals surface area contributed by atoms with Gasteiger partial charge in [0.15, 0.2) is 17.4 Å². The average molecular weight is 272 g/mol. The fourth-order valence-electron chi connectivity index (χ4n) is 1.65. The lowest BCUT2D eigenvalue weighted by Gasteiger charge is -2.13. The number of nitrogens with zero attached hydrogens (tertiary/aromatic N) is 1. The molecule has 1 heterocycles.